The first-order chi connectivity index (χ1) is 13.2. The molecule has 2 rings (SSSR count). The van der Waals surface area contributed by atoms with Gasteiger partial charge in [-0.25, -0.2) is 24.6 Å². The van der Waals surface area contributed by atoms with Crippen molar-refractivity contribution >= 4 is 43.5 Å². The summed E-state index contributed by atoms with van der Waals surface area (Å²) >= 11 is 3.01. The summed E-state index contributed by atoms with van der Waals surface area (Å²) < 4.78 is 41.9. The molecule has 0 spiro atoms. The zero-order chi connectivity index (χ0) is 20.7. The van der Waals surface area contributed by atoms with E-state index in [9.17, 15) is 18.0 Å². The van der Waals surface area contributed by atoms with Crippen molar-refractivity contribution in [3.05, 3.63) is 34.2 Å². The van der Waals surface area contributed by atoms with Crippen LogP contribution in [-0.2, 0) is 15.0 Å². The lowest BCUT2D eigenvalue weighted by molar-refractivity contribution is 0.134. The van der Waals surface area contributed by atoms with E-state index >= 15 is 0 Å². The van der Waals surface area contributed by atoms with Gasteiger partial charge in [-0.3, -0.25) is 15.5 Å². The van der Waals surface area contributed by atoms with E-state index in [1.54, 1.807) is 5.48 Å². The molecular weight excluding hydrogens is 469 g/mol. The molecule has 0 aliphatic rings. The lowest BCUT2D eigenvalue weighted by Gasteiger charge is -2.14. The van der Waals surface area contributed by atoms with Crippen molar-refractivity contribution in [1.82, 2.24) is 20.5 Å². The van der Waals surface area contributed by atoms with Crippen LogP contribution in [0.1, 0.15) is 5.69 Å². The second kappa shape index (κ2) is 9.82. The summed E-state index contributed by atoms with van der Waals surface area (Å²) in [5.41, 5.74) is 4.27. The average molecular weight is 484 g/mol. The summed E-state index contributed by atoms with van der Waals surface area (Å²) in [5.74, 6) is -0.844. The molecule has 0 aliphatic carbocycles. The molecule has 1 unspecified atom stereocenters. The van der Waals surface area contributed by atoms with Crippen molar-refractivity contribution in [2.75, 3.05) is 18.7 Å². The van der Waals surface area contributed by atoms with Crippen LogP contribution in [0.2, 0.25) is 0 Å². The highest BCUT2D eigenvalue weighted by Crippen LogP contribution is 2.23. The van der Waals surface area contributed by atoms with Crippen LogP contribution in [-0.4, -0.2) is 54.1 Å². The van der Waals surface area contributed by atoms with Gasteiger partial charge in [-0.15, -0.1) is 0 Å². The highest BCUT2D eigenvalue weighted by molar-refractivity contribution is 9.10. The van der Waals surface area contributed by atoms with Crippen LogP contribution in [0.25, 0.3) is 0 Å². The van der Waals surface area contributed by atoms with Gasteiger partial charge in [0.2, 0.25) is 5.82 Å². The van der Waals surface area contributed by atoms with Gasteiger partial charge in [-0.05, 0) is 44.4 Å². The number of hydrogen-bond acceptors (Lipinski definition) is 10. The zero-order valence-corrected chi connectivity index (χ0v) is 16.2. The molecule has 0 amide bonds. The van der Waals surface area contributed by atoms with Crippen molar-refractivity contribution in [1.29, 1.82) is 0 Å². The summed E-state index contributed by atoms with van der Waals surface area (Å²) in [4.78, 5) is 9.06. The Hall–Kier alpha value is -2.21. The summed E-state index contributed by atoms with van der Waals surface area (Å²) in [6.07, 6.45) is 0. The zero-order valence-electron chi connectivity index (χ0n) is 13.8. The normalized spacial score (nSPS) is 13.4. The van der Waals surface area contributed by atoms with Crippen molar-refractivity contribution in [2.24, 2.45) is 10.1 Å². The second-order valence-corrected chi connectivity index (χ2v) is 7.27. The maximum absolute atomic E-state index is 13.3. The SMILES string of the molecule is NS(=O)(=O)NC(CO)CONc1nonc1C(=Nc1ccc(F)c(Br)c1)NO. The number of amidine groups is 1. The van der Waals surface area contributed by atoms with Crippen LogP contribution in [0.3, 0.4) is 0 Å². The van der Waals surface area contributed by atoms with Gasteiger partial charge in [-0.2, -0.15) is 13.1 Å². The predicted molar refractivity (Wildman–Crippen MR) is 96.2 cm³/mol. The molecular formula is C12H15BrFN7O6S. The summed E-state index contributed by atoms with van der Waals surface area (Å²) in [6, 6.07) is 2.83. The molecule has 1 aromatic carbocycles. The molecule has 13 nitrogen and oxygen atoms in total. The number of rotatable bonds is 9. The van der Waals surface area contributed by atoms with Crippen LogP contribution in [0.5, 0.6) is 0 Å². The number of aromatic nitrogens is 2. The molecule has 2 aromatic rings. The number of hydrogen-bond donors (Lipinski definition) is 6. The highest BCUT2D eigenvalue weighted by Gasteiger charge is 2.19. The van der Waals surface area contributed by atoms with Crippen molar-refractivity contribution < 1.29 is 32.6 Å². The number of nitrogens with two attached hydrogens (primary N) is 1. The first kappa shape index (κ1) is 22.1. The fourth-order valence-electron chi connectivity index (χ4n) is 1.79. The Labute approximate surface area is 166 Å². The van der Waals surface area contributed by atoms with Crippen molar-refractivity contribution in [3.63, 3.8) is 0 Å². The largest absolute Gasteiger partial charge is 0.395 e. The first-order valence-corrected chi connectivity index (χ1v) is 9.63. The van der Waals surface area contributed by atoms with E-state index in [0.717, 1.165) is 6.07 Å². The van der Waals surface area contributed by atoms with E-state index in [1.807, 2.05) is 4.72 Å². The van der Waals surface area contributed by atoms with Crippen LogP contribution >= 0.6 is 15.9 Å². The Morgan fingerprint density at radius 1 is 1.46 bits per heavy atom. The third kappa shape index (κ3) is 6.44. The quantitative estimate of drug-likeness (QED) is 0.154. The van der Waals surface area contributed by atoms with Crippen LogP contribution in [0.15, 0.2) is 32.3 Å². The molecule has 0 aliphatic heterocycles. The number of halogens is 2. The van der Waals surface area contributed by atoms with E-state index in [0.29, 0.717) is 0 Å². The number of nitrogens with zero attached hydrogens (tertiary/aromatic N) is 3. The Kier molecular flexibility index (Phi) is 7.75. The Balaban J connectivity index is 2.10. The number of aliphatic imine (C=N–C) groups is 1. The number of aliphatic hydroxyl groups is 1. The van der Waals surface area contributed by atoms with Crippen LogP contribution in [0, 0.1) is 5.82 Å². The van der Waals surface area contributed by atoms with E-state index in [1.165, 1.54) is 12.1 Å². The standard InChI is InChI=1S/C12H15BrFN7O6S/c13-8-3-6(1-2-9(8)14)16-11(17-23)10-12(20-27-18-10)19-26-5-7(4-22)21-28(15,24)25/h1-3,7,21-23H,4-5H2,(H,16,17)(H,19,20)(H2,15,24,25). The Bertz CT molecular complexity index is 940. The number of aliphatic hydroxyl groups excluding tert-OH is 1. The van der Waals surface area contributed by atoms with Crippen molar-refractivity contribution in [2.45, 2.75) is 6.04 Å². The minimum Gasteiger partial charge on any atom is -0.395 e. The minimum absolute atomic E-state index is 0.108. The third-order valence-electron chi connectivity index (χ3n) is 2.97. The van der Waals surface area contributed by atoms with Crippen molar-refractivity contribution in [3.8, 4) is 0 Å². The molecule has 1 aromatic heterocycles. The molecule has 0 fully saturated rings. The molecule has 154 valence electrons. The Morgan fingerprint density at radius 2 is 2.21 bits per heavy atom. The van der Waals surface area contributed by atoms with E-state index in [2.05, 4.69) is 41.3 Å². The summed E-state index contributed by atoms with van der Waals surface area (Å²) in [6.45, 7) is -0.935. The van der Waals surface area contributed by atoms with Crippen LogP contribution in [0.4, 0.5) is 15.9 Å². The lowest BCUT2D eigenvalue weighted by atomic mass is 10.3. The number of anilines is 1. The summed E-state index contributed by atoms with van der Waals surface area (Å²) in [5, 5.41) is 30.3. The fraction of sp³-hybridized carbons (Fsp3) is 0.250. The number of nitrogens with one attached hydrogen (secondary N) is 3. The molecule has 0 bridgehead atoms. The molecule has 16 heteroatoms. The second-order valence-electron chi connectivity index (χ2n) is 5.09. The Morgan fingerprint density at radius 3 is 2.82 bits per heavy atom. The van der Waals surface area contributed by atoms with Gasteiger partial charge >= 0.3 is 0 Å². The van der Waals surface area contributed by atoms with Gasteiger partial charge in [0.25, 0.3) is 10.2 Å². The molecule has 7 N–H and O–H groups in total. The maximum atomic E-state index is 13.3. The fourth-order valence-corrected chi connectivity index (χ4v) is 2.77. The minimum atomic E-state index is -4.04. The number of benzene rings is 1. The molecule has 0 saturated carbocycles. The van der Waals surface area contributed by atoms with E-state index < -0.39 is 28.7 Å². The molecule has 1 atom stereocenters. The molecule has 28 heavy (non-hydrogen) atoms. The van der Waals surface area contributed by atoms with Gasteiger partial charge in [0.15, 0.2) is 11.5 Å². The average Bonchev–Trinajstić information content (AvgIpc) is 3.09. The first-order valence-electron chi connectivity index (χ1n) is 7.29. The maximum Gasteiger partial charge on any atom is 0.274 e. The van der Waals surface area contributed by atoms with Gasteiger partial charge in [0.05, 0.1) is 29.4 Å². The van der Waals surface area contributed by atoms with Gasteiger partial charge < -0.3 is 5.11 Å². The molecule has 0 radical (unpaired) electrons. The molecule has 0 saturated heterocycles. The van der Waals surface area contributed by atoms with E-state index in [-0.39, 0.29) is 34.1 Å². The van der Waals surface area contributed by atoms with Gasteiger partial charge in [-0.1, -0.05) is 0 Å². The highest BCUT2D eigenvalue weighted by atomic mass is 79.9. The monoisotopic (exact) mass is 483 g/mol. The smallest absolute Gasteiger partial charge is 0.274 e. The predicted octanol–water partition coefficient (Wildman–Crippen LogP) is -0.474. The number of hydroxylamine groups is 1. The van der Waals surface area contributed by atoms with Gasteiger partial charge in [0.1, 0.15) is 5.82 Å². The van der Waals surface area contributed by atoms with Crippen LogP contribution < -0.4 is 20.8 Å². The molecule has 1 heterocycles. The topological polar surface area (TPSA) is 197 Å². The summed E-state index contributed by atoms with van der Waals surface area (Å²) in [7, 11) is -4.04. The lowest BCUT2D eigenvalue weighted by Crippen LogP contribution is -2.44. The van der Waals surface area contributed by atoms with Gasteiger partial charge in [0, 0.05) is 0 Å². The third-order valence-corrected chi connectivity index (χ3v) is 4.24. The van der Waals surface area contributed by atoms with E-state index in [4.69, 9.17) is 15.1 Å².